The number of pyridine rings is 1. The van der Waals surface area contributed by atoms with Crippen LogP contribution in [0.15, 0.2) is 24.3 Å². The number of rotatable bonds is 4. The maximum absolute atomic E-state index is 13.8. The summed E-state index contributed by atoms with van der Waals surface area (Å²) in [6.45, 7) is 2.78. The zero-order chi connectivity index (χ0) is 13.5. The van der Waals surface area contributed by atoms with Crippen LogP contribution in [-0.2, 0) is 0 Å². The van der Waals surface area contributed by atoms with Crippen molar-refractivity contribution in [3.63, 3.8) is 0 Å². The van der Waals surface area contributed by atoms with Gasteiger partial charge in [0.15, 0.2) is 0 Å². The summed E-state index contributed by atoms with van der Waals surface area (Å²) in [5, 5.41) is 13.5. The number of nitrogens with zero attached hydrogens (tertiary/aromatic N) is 1. The predicted molar refractivity (Wildman–Crippen MR) is 73.7 cm³/mol. The molecule has 4 heteroatoms. The largest absolute Gasteiger partial charge is 0.396 e. The quantitative estimate of drug-likeness (QED) is 0.888. The van der Waals surface area contributed by atoms with Crippen molar-refractivity contribution >= 4 is 16.6 Å². The van der Waals surface area contributed by atoms with Gasteiger partial charge in [0.1, 0.15) is 11.3 Å². The lowest BCUT2D eigenvalue weighted by Crippen LogP contribution is -2.19. The van der Waals surface area contributed by atoms with Gasteiger partial charge in [0.25, 0.3) is 0 Å². The number of aryl methyl sites for hydroxylation is 1. The van der Waals surface area contributed by atoms with Gasteiger partial charge in [0.2, 0.25) is 0 Å². The second-order valence-electron chi connectivity index (χ2n) is 5.46. The predicted octanol–water partition coefficient (Wildman–Crippen LogP) is 2.87. The summed E-state index contributed by atoms with van der Waals surface area (Å²) in [6, 6.07) is 6.91. The number of fused-ring (bicyclic) bond motifs is 1. The summed E-state index contributed by atoms with van der Waals surface area (Å²) in [4.78, 5) is 4.25. The molecule has 3 nitrogen and oxygen atoms in total. The fourth-order valence-corrected chi connectivity index (χ4v) is 2.34. The number of aromatic nitrogens is 1. The molecule has 0 aliphatic heterocycles. The van der Waals surface area contributed by atoms with Gasteiger partial charge in [-0.3, -0.25) is 0 Å². The van der Waals surface area contributed by atoms with Crippen molar-refractivity contribution in [3.8, 4) is 0 Å². The van der Waals surface area contributed by atoms with E-state index in [2.05, 4.69) is 10.3 Å². The molecule has 1 aliphatic rings. The van der Waals surface area contributed by atoms with E-state index in [1.807, 2.05) is 19.1 Å². The van der Waals surface area contributed by atoms with E-state index in [0.29, 0.717) is 5.52 Å². The second-order valence-corrected chi connectivity index (χ2v) is 5.46. The molecule has 1 saturated carbocycles. The van der Waals surface area contributed by atoms with E-state index in [-0.39, 0.29) is 17.8 Å². The number of hydrogen-bond donors (Lipinski definition) is 2. The van der Waals surface area contributed by atoms with Crippen molar-refractivity contribution in [2.45, 2.75) is 19.8 Å². The van der Waals surface area contributed by atoms with E-state index in [9.17, 15) is 9.50 Å². The summed E-state index contributed by atoms with van der Waals surface area (Å²) >= 11 is 0. The maximum Gasteiger partial charge on any atom is 0.149 e. The molecule has 0 amide bonds. The first-order chi connectivity index (χ1) is 9.13. The molecule has 100 valence electrons. The van der Waals surface area contributed by atoms with E-state index in [1.165, 1.54) is 6.07 Å². The van der Waals surface area contributed by atoms with Crippen LogP contribution in [0, 0.1) is 18.2 Å². The third-order valence-corrected chi connectivity index (χ3v) is 3.86. The molecule has 3 rings (SSSR count). The van der Waals surface area contributed by atoms with E-state index >= 15 is 0 Å². The Hall–Kier alpha value is -1.68. The van der Waals surface area contributed by atoms with Gasteiger partial charge in [0, 0.05) is 28.7 Å². The Morgan fingerprint density at radius 3 is 2.89 bits per heavy atom. The highest BCUT2D eigenvalue weighted by atomic mass is 19.1. The number of aliphatic hydroxyl groups excluding tert-OH is 1. The molecule has 2 aromatic rings. The highest BCUT2D eigenvalue weighted by Crippen LogP contribution is 2.45. The van der Waals surface area contributed by atoms with Crippen LogP contribution in [0.1, 0.15) is 18.5 Å². The van der Waals surface area contributed by atoms with Crippen molar-refractivity contribution in [1.29, 1.82) is 0 Å². The lowest BCUT2D eigenvalue weighted by molar-refractivity contribution is 0.220. The molecule has 0 unspecified atom stereocenters. The summed E-state index contributed by atoms with van der Waals surface area (Å²) in [5.41, 5.74) is 2.10. The van der Waals surface area contributed by atoms with Crippen molar-refractivity contribution < 1.29 is 9.50 Å². The molecule has 1 aromatic carbocycles. The lowest BCUT2D eigenvalue weighted by atomic mass is 10.1. The maximum atomic E-state index is 13.8. The Morgan fingerprint density at radius 1 is 1.42 bits per heavy atom. The number of hydrogen-bond acceptors (Lipinski definition) is 3. The van der Waals surface area contributed by atoms with Crippen LogP contribution < -0.4 is 5.32 Å². The number of para-hydroxylation sites is 1. The Balaban J connectivity index is 1.96. The molecule has 0 spiro atoms. The van der Waals surface area contributed by atoms with Gasteiger partial charge < -0.3 is 10.4 Å². The van der Waals surface area contributed by atoms with Crippen LogP contribution in [0.4, 0.5) is 10.1 Å². The smallest absolute Gasteiger partial charge is 0.149 e. The van der Waals surface area contributed by atoms with Gasteiger partial charge in [-0.1, -0.05) is 12.1 Å². The molecule has 0 bridgehead atoms. The van der Waals surface area contributed by atoms with E-state index in [0.717, 1.165) is 36.2 Å². The van der Waals surface area contributed by atoms with Crippen LogP contribution in [0.5, 0.6) is 0 Å². The van der Waals surface area contributed by atoms with E-state index < -0.39 is 0 Å². The Morgan fingerprint density at radius 2 is 2.21 bits per heavy atom. The molecule has 1 aromatic heterocycles. The molecule has 1 heterocycles. The molecule has 2 N–H and O–H groups in total. The van der Waals surface area contributed by atoms with Gasteiger partial charge in [0.05, 0.1) is 6.61 Å². The first kappa shape index (κ1) is 12.4. The Labute approximate surface area is 111 Å². The van der Waals surface area contributed by atoms with Crippen LogP contribution in [0.25, 0.3) is 10.9 Å². The van der Waals surface area contributed by atoms with Crippen molar-refractivity contribution in [2.75, 3.05) is 18.5 Å². The number of anilines is 1. The van der Waals surface area contributed by atoms with Crippen LogP contribution in [-0.4, -0.2) is 23.2 Å². The Bertz CT molecular complexity index is 623. The van der Waals surface area contributed by atoms with Gasteiger partial charge in [-0.2, -0.15) is 0 Å². The summed E-state index contributed by atoms with van der Waals surface area (Å²) in [7, 11) is 0. The minimum Gasteiger partial charge on any atom is -0.396 e. The summed E-state index contributed by atoms with van der Waals surface area (Å²) < 4.78 is 13.8. The molecule has 1 fully saturated rings. The van der Waals surface area contributed by atoms with Crippen molar-refractivity contribution in [2.24, 2.45) is 5.41 Å². The van der Waals surface area contributed by atoms with Crippen LogP contribution in [0.3, 0.4) is 0 Å². The average Bonchev–Trinajstić information content (AvgIpc) is 3.18. The molecular formula is C15H17FN2O. The second kappa shape index (κ2) is 4.46. The van der Waals surface area contributed by atoms with E-state index in [1.54, 1.807) is 6.07 Å². The fraction of sp³-hybridized carbons (Fsp3) is 0.400. The third-order valence-electron chi connectivity index (χ3n) is 3.86. The minimum absolute atomic E-state index is 0.0246. The number of aliphatic hydroxyl groups is 1. The number of halogens is 1. The van der Waals surface area contributed by atoms with Crippen LogP contribution in [0.2, 0.25) is 0 Å². The van der Waals surface area contributed by atoms with E-state index in [4.69, 9.17) is 0 Å². The minimum atomic E-state index is -0.299. The van der Waals surface area contributed by atoms with Gasteiger partial charge in [-0.25, -0.2) is 9.37 Å². The molecule has 19 heavy (non-hydrogen) atoms. The average molecular weight is 260 g/mol. The Kier molecular flexibility index (Phi) is 2.90. The zero-order valence-electron chi connectivity index (χ0n) is 10.9. The lowest BCUT2D eigenvalue weighted by Gasteiger charge is -2.16. The van der Waals surface area contributed by atoms with Crippen LogP contribution >= 0.6 is 0 Å². The highest BCUT2D eigenvalue weighted by molar-refractivity contribution is 5.91. The third kappa shape index (κ3) is 2.28. The van der Waals surface area contributed by atoms with Gasteiger partial charge >= 0.3 is 0 Å². The molecular weight excluding hydrogens is 243 g/mol. The SMILES string of the molecule is Cc1cc(NCC2(CO)CC2)c2cccc(F)c2n1. The van der Waals surface area contributed by atoms with Gasteiger partial charge in [-0.05, 0) is 31.9 Å². The molecule has 0 saturated heterocycles. The normalized spacial score (nSPS) is 16.6. The molecule has 0 radical (unpaired) electrons. The van der Waals surface area contributed by atoms with Crippen molar-refractivity contribution in [1.82, 2.24) is 4.98 Å². The highest BCUT2D eigenvalue weighted by Gasteiger charge is 2.41. The number of benzene rings is 1. The molecule has 0 atom stereocenters. The number of nitrogens with one attached hydrogen (secondary N) is 1. The summed E-state index contributed by atoms with van der Waals surface area (Å²) in [6.07, 6.45) is 2.10. The fourth-order valence-electron chi connectivity index (χ4n) is 2.34. The molecule has 1 aliphatic carbocycles. The standard InChI is InChI=1S/C15H17FN2O/c1-10-7-13(17-8-15(9-19)5-6-15)11-3-2-4-12(16)14(11)18-10/h2-4,7,19H,5-6,8-9H2,1H3,(H,17,18). The topological polar surface area (TPSA) is 45.1 Å². The van der Waals surface area contributed by atoms with Crippen molar-refractivity contribution in [3.05, 3.63) is 35.8 Å². The zero-order valence-corrected chi connectivity index (χ0v) is 10.9. The van der Waals surface area contributed by atoms with Gasteiger partial charge in [-0.15, -0.1) is 0 Å². The first-order valence-corrected chi connectivity index (χ1v) is 6.54. The first-order valence-electron chi connectivity index (χ1n) is 6.54. The summed E-state index contributed by atoms with van der Waals surface area (Å²) in [5.74, 6) is -0.299. The monoisotopic (exact) mass is 260 g/mol.